The number of hydrogen-bond donors (Lipinski definition) is 1. The Morgan fingerprint density at radius 2 is 1.71 bits per heavy atom. The van der Waals surface area contributed by atoms with E-state index in [-0.39, 0.29) is 12.5 Å². The number of ether oxygens (including phenoxy) is 1. The molecule has 2 N–H and O–H groups in total. The summed E-state index contributed by atoms with van der Waals surface area (Å²) in [7, 11) is -1.89. The van der Waals surface area contributed by atoms with Gasteiger partial charge in [-0.15, -0.1) is 0 Å². The zero-order chi connectivity index (χ0) is 17.4. The molecule has 2 aromatic carbocycles. The molecule has 5 heteroatoms. The maximum Gasteiger partial charge on any atom is 0.182 e. The molecule has 0 spiro atoms. The highest BCUT2D eigenvalue weighted by atomic mass is 32.2. The van der Waals surface area contributed by atoms with E-state index in [0.717, 1.165) is 11.1 Å². The average molecular weight is 345 g/mol. The Bertz CT molecular complexity index is 802. The third kappa shape index (κ3) is 2.66. The van der Waals surface area contributed by atoms with Crippen LogP contribution in [0.2, 0.25) is 0 Å². The van der Waals surface area contributed by atoms with Crippen molar-refractivity contribution in [3.05, 3.63) is 65.7 Å². The normalized spacial score (nSPS) is 26.3. The lowest BCUT2D eigenvalue weighted by Crippen LogP contribution is -2.28. The first-order chi connectivity index (χ1) is 11.5. The Kier molecular flexibility index (Phi) is 4.51. The largest absolute Gasteiger partial charge is 0.384 e. The van der Waals surface area contributed by atoms with Crippen LogP contribution in [-0.2, 0) is 14.6 Å². The molecule has 128 valence electrons. The Morgan fingerprint density at radius 3 is 2.25 bits per heavy atom. The number of aryl methyl sites for hydroxylation is 1. The zero-order valence-corrected chi connectivity index (χ0v) is 14.8. The van der Waals surface area contributed by atoms with E-state index >= 15 is 0 Å². The number of methoxy groups -OCH3 is 1. The highest BCUT2D eigenvalue weighted by Crippen LogP contribution is 2.63. The molecule has 0 saturated heterocycles. The molecule has 1 saturated carbocycles. The van der Waals surface area contributed by atoms with E-state index < -0.39 is 20.5 Å². The summed E-state index contributed by atoms with van der Waals surface area (Å²) in [6.07, 6.45) is 0. The zero-order valence-electron chi connectivity index (χ0n) is 14.0. The third-order valence-corrected chi connectivity index (χ3v) is 7.35. The van der Waals surface area contributed by atoms with Gasteiger partial charge in [0.25, 0.3) is 0 Å². The Hall–Kier alpha value is -1.69. The van der Waals surface area contributed by atoms with Crippen molar-refractivity contribution in [2.24, 2.45) is 11.1 Å². The van der Waals surface area contributed by atoms with Crippen LogP contribution in [0.4, 0.5) is 0 Å². The van der Waals surface area contributed by atoms with Crippen LogP contribution < -0.4 is 5.73 Å². The van der Waals surface area contributed by atoms with E-state index in [0.29, 0.717) is 11.5 Å². The number of rotatable bonds is 6. The van der Waals surface area contributed by atoms with Gasteiger partial charge in [-0.1, -0.05) is 48.0 Å². The molecule has 24 heavy (non-hydrogen) atoms. The SMILES string of the molecule is COC[C@]1(CN)[C@H](c2ccccc2)[C@H]1S(=O)(=O)c1ccc(C)cc1. The summed E-state index contributed by atoms with van der Waals surface area (Å²) in [4.78, 5) is 0.352. The van der Waals surface area contributed by atoms with E-state index in [1.807, 2.05) is 49.4 Å². The molecule has 0 unspecified atom stereocenters. The summed E-state index contributed by atoms with van der Waals surface area (Å²) in [5, 5.41) is -0.556. The molecular formula is C19H23NO3S. The third-order valence-electron chi connectivity index (χ3n) is 5.02. The van der Waals surface area contributed by atoms with Crippen molar-refractivity contribution < 1.29 is 13.2 Å². The highest BCUT2D eigenvalue weighted by molar-refractivity contribution is 7.92. The molecule has 0 aliphatic heterocycles. The summed E-state index contributed by atoms with van der Waals surface area (Å²) in [6.45, 7) is 2.55. The molecular weight excluding hydrogens is 322 g/mol. The van der Waals surface area contributed by atoms with Crippen LogP contribution in [-0.4, -0.2) is 33.9 Å². The fourth-order valence-corrected chi connectivity index (χ4v) is 6.17. The lowest BCUT2D eigenvalue weighted by Gasteiger charge is -2.15. The lowest BCUT2D eigenvalue weighted by molar-refractivity contribution is 0.142. The van der Waals surface area contributed by atoms with Gasteiger partial charge < -0.3 is 10.5 Å². The average Bonchev–Trinajstić information content (AvgIpc) is 3.26. The first-order valence-corrected chi connectivity index (χ1v) is 9.56. The minimum Gasteiger partial charge on any atom is -0.384 e. The highest BCUT2D eigenvalue weighted by Gasteiger charge is 2.70. The molecule has 0 aromatic heterocycles. The van der Waals surface area contributed by atoms with Crippen LogP contribution in [0.15, 0.2) is 59.5 Å². The molecule has 0 heterocycles. The summed E-state index contributed by atoms with van der Waals surface area (Å²) < 4.78 is 31.8. The topological polar surface area (TPSA) is 69.4 Å². The first-order valence-electron chi connectivity index (χ1n) is 8.02. The Morgan fingerprint density at radius 1 is 1.08 bits per heavy atom. The van der Waals surface area contributed by atoms with E-state index in [2.05, 4.69) is 0 Å². The van der Waals surface area contributed by atoms with Gasteiger partial charge in [-0.25, -0.2) is 8.42 Å². The van der Waals surface area contributed by atoms with Gasteiger partial charge in [0, 0.05) is 25.0 Å². The Balaban J connectivity index is 2.05. The standard InChI is InChI=1S/C19H23NO3S/c1-14-8-10-16(11-9-14)24(21,22)18-17(15-6-4-3-5-7-15)19(18,12-20)13-23-2/h3-11,17-18H,12-13,20H2,1-2H3/t17-,18-,19-/m1/s1. The van der Waals surface area contributed by atoms with E-state index in [9.17, 15) is 8.42 Å². The smallest absolute Gasteiger partial charge is 0.182 e. The van der Waals surface area contributed by atoms with Crippen molar-refractivity contribution >= 4 is 9.84 Å². The number of sulfone groups is 1. The molecule has 1 fully saturated rings. The van der Waals surface area contributed by atoms with Gasteiger partial charge in [0.05, 0.1) is 16.8 Å². The summed E-state index contributed by atoms with van der Waals surface area (Å²) in [5.41, 5.74) is 7.49. The van der Waals surface area contributed by atoms with Gasteiger partial charge in [-0.05, 0) is 24.6 Å². The molecule has 3 atom stereocenters. The van der Waals surface area contributed by atoms with Gasteiger partial charge in [-0.2, -0.15) is 0 Å². The molecule has 2 aromatic rings. The van der Waals surface area contributed by atoms with Gasteiger partial charge in [-0.3, -0.25) is 0 Å². The van der Waals surface area contributed by atoms with E-state index in [1.54, 1.807) is 19.2 Å². The second kappa shape index (κ2) is 6.31. The number of hydrogen-bond acceptors (Lipinski definition) is 4. The molecule has 0 bridgehead atoms. The summed E-state index contributed by atoms with van der Waals surface area (Å²) >= 11 is 0. The summed E-state index contributed by atoms with van der Waals surface area (Å²) in [6, 6.07) is 16.7. The van der Waals surface area contributed by atoms with Crippen molar-refractivity contribution in [3.8, 4) is 0 Å². The van der Waals surface area contributed by atoms with Gasteiger partial charge >= 0.3 is 0 Å². The second-order valence-electron chi connectivity index (χ2n) is 6.54. The monoisotopic (exact) mass is 345 g/mol. The van der Waals surface area contributed by atoms with Crippen LogP contribution >= 0.6 is 0 Å². The maximum absolute atomic E-state index is 13.2. The molecule has 1 aliphatic rings. The van der Waals surface area contributed by atoms with Crippen molar-refractivity contribution in [1.29, 1.82) is 0 Å². The van der Waals surface area contributed by atoms with Gasteiger partial charge in [0.2, 0.25) is 0 Å². The molecule has 1 aliphatic carbocycles. The van der Waals surface area contributed by atoms with Crippen LogP contribution in [0.3, 0.4) is 0 Å². The second-order valence-corrected chi connectivity index (χ2v) is 8.61. The fraction of sp³-hybridized carbons (Fsp3) is 0.368. The quantitative estimate of drug-likeness (QED) is 0.873. The molecule has 0 amide bonds. The van der Waals surface area contributed by atoms with Crippen LogP contribution in [0.1, 0.15) is 17.0 Å². The maximum atomic E-state index is 13.2. The predicted molar refractivity (Wildman–Crippen MR) is 94.7 cm³/mol. The van der Waals surface area contributed by atoms with E-state index in [4.69, 9.17) is 10.5 Å². The molecule has 3 rings (SSSR count). The summed E-state index contributed by atoms with van der Waals surface area (Å²) in [5.74, 6) is -0.144. The van der Waals surface area contributed by atoms with Crippen molar-refractivity contribution in [1.82, 2.24) is 0 Å². The van der Waals surface area contributed by atoms with Crippen molar-refractivity contribution in [2.75, 3.05) is 20.3 Å². The van der Waals surface area contributed by atoms with Crippen molar-refractivity contribution in [3.63, 3.8) is 0 Å². The first kappa shape index (κ1) is 17.1. The fourth-order valence-electron chi connectivity index (χ4n) is 3.73. The number of benzene rings is 2. The van der Waals surface area contributed by atoms with Crippen LogP contribution in [0, 0.1) is 12.3 Å². The Labute approximate surface area is 143 Å². The predicted octanol–water partition coefficient (Wildman–Crippen LogP) is 2.53. The van der Waals surface area contributed by atoms with Crippen molar-refractivity contribution in [2.45, 2.75) is 23.0 Å². The lowest BCUT2D eigenvalue weighted by atomic mass is 10.0. The van der Waals surface area contributed by atoms with Crippen LogP contribution in [0.25, 0.3) is 0 Å². The van der Waals surface area contributed by atoms with E-state index in [1.165, 1.54) is 0 Å². The minimum atomic E-state index is -3.48. The van der Waals surface area contributed by atoms with Crippen LogP contribution in [0.5, 0.6) is 0 Å². The van der Waals surface area contributed by atoms with Gasteiger partial charge in [0.15, 0.2) is 9.84 Å². The molecule has 0 radical (unpaired) electrons. The van der Waals surface area contributed by atoms with Gasteiger partial charge in [0.1, 0.15) is 0 Å². The minimum absolute atomic E-state index is 0.144. The number of nitrogens with two attached hydrogens (primary N) is 1. The molecule has 4 nitrogen and oxygen atoms in total.